The first-order chi connectivity index (χ1) is 12.7. The second-order valence-electron chi connectivity index (χ2n) is 6.05. The summed E-state index contributed by atoms with van der Waals surface area (Å²) in [7, 11) is 1.42. The van der Waals surface area contributed by atoms with Gasteiger partial charge in [-0.2, -0.15) is 0 Å². The number of methoxy groups -OCH3 is 1. The van der Waals surface area contributed by atoms with Gasteiger partial charge in [-0.15, -0.1) is 11.3 Å². The van der Waals surface area contributed by atoms with Gasteiger partial charge in [-0.05, 0) is 23.1 Å². The molecular formula is C21H22N2O2S. The van der Waals surface area contributed by atoms with Gasteiger partial charge >= 0.3 is 5.97 Å². The van der Waals surface area contributed by atoms with Crippen molar-refractivity contribution in [2.24, 2.45) is 0 Å². The van der Waals surface area contributed by atoms with E-state index in [-0.39, 0.29) is 5.97 Å². The zero-order chi connectivity index (χ0) is 18.2. The number of nitrogens with zero attached hydrogens (tertiary/aromatic N) is 2. The number of aromatic nitrogens is 1. The summed E-state index contributed by atoms with van der Waals surface area (Å²) in [5.74, 6) is -0.177. The van der Waals surface area contributed by atoms with E-state index in [0.717, 1.165) is 23.8 Å². The average molecular weight is 366 g/mol. The van der Waals surface area contributed by atoms with E-state index in [1.54, 1.807) is 11.3 Å². The number of hydrogen-bond acceptors (Lipinski definition) is 5. The summed E-state index contributed by atoms with van der Waals surface area (Å²) in [4.78, 5) is 18.1. The SMILES string of the molecule is COC(=O)CCc1cccc(CN(Cc2ccccc2)c2nccs2)c1. The number of ether oxygens (including phenoxy) is 1. The second kappa shape index (κ2) is 9.15. The standard InChI is InChI=1S/C21H22N2O2S/c1-25-20(24)11-10-17-8-5-9-19(14-17)16-23(21-22-12-13-26-21)15-18-6-3-2-4-7-18/h2-9,12-14H,10-11,15-16H2,1H3. The molecule has 0 aliphatic carbocycles. The van der Waals surface area contributed by atoms with Crippen molar-refractivity contribution >= 4 is 22.4 Å². The molecule has 0 unspecified atom stereocenters. The van der Waals surface area contributed by atoms with E-state index in [9.17, 15) is 4.79 Å². The number of hydrogen-bond donors (Lipinski definition) is 0. The fourth-order valence-corrected chi connectivity index (χ4v) is 3.46. The molecule has 0 amide bonds. The number of esters is 1. The third-order valence-corrected chi connectivity index (χ3v) is 4.95. The molecule has 0 atom stereocenters. The molecule has 0 saturated heterocycles. The topological polar surface area (TPSA) is 42.4 Å². The van der Waals surface area contributed by atoms with Gasteiger partial charge in [0.15, 0.2) is 5.13 Å². The zero-order valence-corrected chi connectivity index (χ0v) is 15.6. The van der Waals surface area contributed by atoms with Crippen LogP contribution in [0.4, 0.5) is 5.13 Å². The van der Waals surface area contributed by atoms with Gasteiger partial charge in [0.1, 0.15) is 0 Å². The van der Waals surface area contributed by atoms with Crippen molar-refractivity contribution in [1.29, 1.82) is 0 Å². The summed E-state index contributed by atoms with van der Waals surface area (Å²) in [6, 6.07) is 18.8. The Bertz CT molecular complexity index is 819. The summed E-state index contributed by atoms with van der Waals surface area (Å²) >= 11 is 1.64. The summed E-state index contributed by atoms with van der Waals surface area (Å²) in [5.41, 5.74) is 3.61. The predicted octanol–water partition coefficient (Wildman–Crippen LogP) is 4.46. The van der Waals surface area contributed by atoms with Crippen LogP contribution in [0, 0.1) is 0 Å². The number of benzene rings is 2. The van der Waals surface area contributed by atoms with Gasteiger partial charge in [0.05, 0.1) is 7.11 Å². The highest BCUT2D eigenvalue weighted by Crippen LogP contribution is 2.23. The molecule has 4 nitrogen and oxygen atoms in total. The number of aryl methyl sites for hydroxylation is 1. The Kier molecular flexibility index (Phi) is 6.39. The van der Waals surface area contributed by atoms with Gasteiger partial charge in [0.2, 0.25) is 0 Å². The highest BCUT2D eigenvalue weighted by molar-refractivity contribution is 7.13. The fraction of sp³-hybridized carbons (Fsp3) is 0.238. The maximum Gasteiger partial charge on any atom is 0.305 e. The Morgan fingerprint density at radius 2 is 1.77 bits per heavy atom. The van der Waals surface area contributed by atoms with Crippen LogP contribution in [0.3, 0.4) is 0 Å². The molecule has 0 aliphatic rings. The van der Waals surface area contributed by atoms with Crippen LogP contribution < -0.4 is 4.90 Å². The van der Waals surface area contributed by atoms with Gasteiger partial charge < -0.3 is 9.64 Å². The van der Waals surface area contributed by atoms with Crippen LogP contribution in [0.5, 0.6) is 0 Å². The lowest BCUT2D eigenvalue weighted by Gasteiger charge is -2.22. The highest BCUT2D eigenvalue weighted by Gasteiger charge is 2.11. The van der Waals surface area contributed by atoms with Gasteiger partial charge in [-0.25, -0.2) is 4.98 Å². The minimum atomic E-state index is -0.177. The van der Waals surface area contributed by atoms with Crippen LogP contribution in [-0.2, 0) is 29.0 Å². The number of rotatable bonds is 8. The minimum absolute atomic E-state index is 0.177. The van der Waals surface area contributed by atoms with E-state index >= 15 is 0 Å². The lowest BCUT2D eigenvalue weighted by molar-refractivity contribution is -0.140. The van der Waals surface area contributed by atoms with Crippen LogP contribution in [0.1, 0.15) is 23.1 Å². The molecule has 0 aliphatic heterocycles. The zero-order valence-electron chi connectivity index (χ0n) is 14.8. The quantitative estimate of drug-likeness (QED) is 0.552. The molecular weight excluding hydrogens is 344 g/mol. The Balaban J connectivity index is 1.73. The summed E-state index contributed by atoms with van der Waals surface area (Å²) in [5, 5.41) is 3.01. The Morgan fingerprint density at radius 1 is 1.04 bits per heavy atom. The fourth-order valence-electron chi connectivity index (χ4n) is 2.82. The van der Waals surface area contributed by atoms with Crippen LogP contribution in [0.25, 0.3) is 0 Å². The lowest BCUT2D eigenvalue weighted by atomic mass is 10.1. The monoisotopic (exact) mass is 366 g/mol. The maximum atomic E-state index is 11.4. The molecule has 0 spiro atoms. The van der Waals surface area contributed by atoms with Crippen LogP contribution in [0.15, 0.2) is 66.2 Å². The molecule has 2 aromatic carbocycles. The Morgan fingerprint density at radius 3 is 2.50 bits per heavy atom. The molecule has 0 radical (unpaired) electrons. The molecule has 1 heterocycles. The number of anilines is 1. The van der Waals surface area contributed by atoms with Gasteiger partial charge in [0, 0.05) is 31.1 Å². The minimum Gasteiger partial charge on any atom is -0.469 e. The van der Waals surface area contributed by atoms with Gasteiger partial charge in [0.25, 0.3) is 0 Å². The molecule has 3 aromatic rings. The Hall–Kier alpha value is -2.66. The van der Waals surface area contributed by atoms with E-state index in [1.807, 2.05) is 23.7 Å². The molecule has 134 valence electrons. The number of thiazole rings is 1. The van der Waals surface area contributed by atoms with Crippen molar-refractivity contribution in [3.63, 3.8) is 0 Å². The normalized spacial score (nSPS) is 10.5. The molecule has 0 fully saturated rings. The van der Waals surface area contributed by atoms with Gasteiger partial charge in [-0.3, -0.25) is 4.79 Å². The number of carbonyl (C=O) groups is 1. The average Bonchev–Trinajstić information content (AvgIpc) is 3.21. The molecule has 26 heavy (non-hydrogen) atoms. The maximum absolute atomic E-state index is 11.4. The smallest absolute Gasteiger partial charge is 0.305 e. The first kappa shape index (κ1) is 18.1. The predicted molar refractivity (Wildman–Crippen MR) is 105 cm³/mol. The molecule has 0 saturated carbocycles. The highest BCUT2D eigenvalue weighted by atomic mass is 32.1. The van der Waals surface area contributed by atoms with Crippen molar-refractivity contribution in [2.45, 2.75) is 25.9 Å². The van der Waals surface area contributed by atoms with Crippen LogP contribution >= 0.6 is 11.3 Å². The third-order valence-electron chi connectivity index (χ3n) is 4.12. The van der Waals surface area contributed by atoms with E-state index in [0.29, 0.717) is 12.8 Å². The molecule has 1 aromatic heterocycles. The van der Waals surface area contributed by atoms with E-state index in [1.165, 1.54) is 18.2 Å². The van der Waals surface area contributed by atoms with Crippen molar-refractivity contribution in [3.8, 4) is 0 Å². The van der Waals surface area contributed by atoms with Gasteiger partial charge in [-0.1, -0.05) is 54.6 Å². The van der Waals surface area contributed by atoms with Crippen LogP contribution in [-0.4, -0.2) is 18.1 Å². The molecule has 0 N–H and O–H groups in total. The lowest BCUT2D eigenvalue weighted by Crippen LogP contribution is -2.22. The van der Waals surface area contributed by atoms with E-state index in [2.05, 4.69) is 52.3 Å². The van der Waals surface area contributed by atoms with Crippen molar-refractivity contribution in [1.82, 2.24) is 4.98 Å². The summed E-state index contributed by atoms with van der Waals surface area (Å²) in [6.45, 7) is 1.58. The molecule has 3 rings (SSSR count). The molecule has 5 heteroatoms. The largest absolute Gasteiger partial charge is 0.469 e. The third kappa shape index (κ3) is 5.17. The first-order valence-corrected chi connectivity index (χ1v) is 9.45. The molecule has 0 bridgehead atoms. The van der Waals surface area contributed by atoms with E-state index in [4.69, 9.17) is 4.74 Å². The van der Waals surface area contributed by atoms with Crippen LogP contribution in [0.2, 0.25) is 0 Å². The van der Waals surface area contributed by atoms with Crippen molar-refractivity contribution in [2.75, 3.05) is 12.0 Å². The first-order valence-electron chi connectivity index (χ1n) is 8.57. The Labute approximate surface area is 158 Å². The summed E-state index contributed by atoms with van der Waals surface area (Å²) in [6.07, 6.45) is 2.93. The number of carbonyl (C=O) groups excluding carboxylic acids is 1. The second-order valence-corrected chi connectivity index (χ2v) is 6.93. The van der Waals surface area contributed by atoms with Crippen molar-refractivity contribution < 1.29 is 9.53 Å². The van der Waals surface area contributed by atoms with E-state index < -0.39 is 0 Å². The van der Waals surface area contributed by atoms with Crippen molar-refractivity contribution in [3.05, 3.63) is 82.9 Å². The summed E-state index contributed by atoms with van der Waals surface area (Å²) < 4.78 is 4.73.